The summed E-state index contributed by atoms with van der Waals surface area (Å²) in [6.45, 7) is 1.83. The molecule has 1 N–H and O–H groups in total. The van der Waals surface area contributed by atoms with Gasteiger partial charge in [-0.25, -0.2) is 9.97 Å². The van der Waals surface area contributed by atoms with Gasteiger partial charge in [0.15, 0.2) is 11.6 Å². The number of fused-ring (bicyclic) bond motifs is 1. The minimum atomic E-state index is 0.251. The van der Waals surface area contributed by atoms with Gasteiger partial charge in [0.05, 0.1) is 17.6 Å². The Morgan fingerprint density at radius 3 is 3.05 bits per heavy atom. The average Bonchev–Trinajstić information content (AvgIpc) is 3.26. The molecule has 22 heavy (non-hydrogen) atoms. The zero-order valence-electron chi connectivity index (χ0n) is 12.3. The lowest BCUT2D eigenvalue weighted by molar-refractivity contribution is 0.175. The predicted molar refractivity (Wildman–Crippen MR) is 79.9 cm³/mol. The summed E-state index contributed by atoms with van der Waals surface area (Å²) in [5, 5.41) is 4.63. The van der Waals surface area contributed by atoms with Crippen LogP contribution in [-0.2, 0) is 16.1 Å². The van der Waals surface area contributed by atoms with E-state index in [-0.39, 0.29) is 5.92 Å². The molecule has 3 heterocycles. The van der Waals surface area contributed by atoms with Gasteiger partial charge in [0.1, 0.15) is 6.61 Å². The molecule has 1 saturated heterocycles. The van der Waals surface area contributed by atoms with Crippen molar-refractivity contribution in [1.29, 1.82) is 0 Å². The molecule has 0 unspecified atom stereocenters. The average molecular weight is 299 g/mol. The first-order chi connectivity index (χ1) is 10.8. The summed E-state index contributed by atoms with van der Waals surface area (Å²) in [6.07, 6.45) is 0.955. The first-order valence-electron chi connectivity index (χ1n) is 7.33. The van der Waals surface area contributed by atoms with Crippen molar-refractivity contribution in [3.8, 4) is 5.95 Å². The largest absolute Gasteiger partial charge is 0.381 e. The molecule has 1 aliphatic heterocycles. The molecule has 4 rings (SSSR count). The first-order valence-corrected chi connectivity index (χ1v) is 7.33. The summed E-state index contributed by atoms with van der Waals surface area (Å²) >= 11 is 0. The SMILES string of the molecule is COCc1nc([C@H]2CCOC2)nn1-c1nc2ccccc2[nH]1. The molecule has 0 bridgehead atoms. The number of aromatic amines is 1. The van der Waals surface area contributed by atoms with Crippen molar-refractivity contribution >= 4 is 11.0 Å². The molecular formula is C15H17N5O2. The highest BCUT2D eigenvalue weighted by atomic mass is 16.5. The van der Waals surface area contributed by atoms with E-state index in [0.29, 0.717) is 19.2 Å². The molecule has 0 radical (unpaired) electrons. The van der Waals surface area contributed by atoms with Crippen LogP contribution in [0.15, 0.2) is 24.3 Å². The maximum Gasteiger partial charge on any atom is 0.230 e. The summed E-state index contributed by atoms with van der Waals surface area (Å²) in [5.74, 6) is 2.45. The number of ether oxygens (including phenoxy) is 2. The van der Waals surface area contributed by atoms with Crippen LogP contribution < -0.4 is 0 Å². The van der Waals surface area contributed by atoms with Crippen LogP contribution in [0.1, 0.15) is 24.0 Å². The van der Waals surface area contributed by atoms with Crippen molar-refractivity contribution in [2.45, 2.75) is 18.9 Å². The monoisotopic (exact) mass is 299 g/mol. The van der Waals surface area contributed by atoms with Crippen LogP contribution in [0.25, 0.3) is 17.0 Å². The molecule has 1 fully saturated rings. The minimum absolute atomic E-state index is 0.251. The number of benzene rings is 1. The lowest BCUT2D eigenvalue weighted by atomic mass is 10.1. The first kappa shape index (κ1) is 13.4. The Balaban J connectivity index is 1.78. The van der Waals surface area contributed by atoms with E-state index in [0.717, 1.165) is 35.7 Å². The molecule has 2 aromatic heterocycles. The summed E-state index contributed by atoms with van der Waals surface area (Å²) < 4.78 is 12.4. The topological polar surface area (TPSA) is 77.8 Å². The van der Waals surface area contributed by atoms with E-state index in [2.05, 4.69) is 20.1 Å². The second-order valence-electron chi connectivity index (χ2n) is 5.37. The number of H-pyrrole nitrogens is 1. The number of rotatable bonds is 4. The van der Waals surface area contributed by atoms with Crippen LogP contribution in [0.4, 0.5) is 0 Å². The van der Waals surface area contributed by atoms with E-state index in [9.17, 15) is 0 Å². The highest BCUT2D eigenvalue weighted by Crippen LogP contribution is 2.24. The van der Waals surface area contributed by atoms with Crippen molar-refractivity contribution in [2.24, 2.45) is 0 Å². The number of nitrogens with one attached hydrogen (secondary N) is 1. The van der Waals surface area contributed by atoms with Gasteiger partial charge in [-0.05, 0) is 18.6 Å². The van der Waals surface area contributed by atoms with Gasteiger partial charge < -0.3 is 14.5 Å². The summed E-state index contributed by atoms with van der Waals surface area (Å²) in [4.78, 5) is 12.5. The van der Waals surface area contributed by atoms with Gasteiger partial charge in [-0.2, -0.15) is 4.68 Å². The Morgan fingerprint density at radius 2 is 2.27 bits per heavy atom. The number of nitrogens with zero attached hydrogens (tertiary/aromatic N) is 4. The van der Waals surface area contributed by atoms with E-state index in [4.69, 9.17) is 9.47 Å². The molecule has 114 valence electrons. The zero-order chi connectivity index (χ0) is 14.9. The Morgan fingerprint density at radius 1 is 1.36 bits per heavy atom. The number of para-hydroxylation sites is 2. The summed E-state index contributed by atoms with van der Waals surface area (Å²) in [6, 6.07) is 7.90. The fourth-order valence-corrected chi connectivity index (χ4v) is 2.70. The predicted octanol–water partition coefficient (Wildman–Crippen LogP) is 1.79. The van der Waals surface area contributed by atoms with Crippen LogP contribution in [0, 0.1) is 0 Å². The Bertz CT molecular complexity index is 755. The standard InChI is InChI=1S/C15H17N5O2/c1-21-9-13-18-14(10-6-7-22-8-10)19-20(13)15-16-11-4-2-3-5-12(11)17-15/h2-5,10H,6-9H2,1H3,(H,16,17)/t10-/m0/s1. The second-order valence-corrected chi connectivity index (χ2v) is 5.37. The Hall–Kier alpha value is -2.25. The number of imidazole rings is 1. The van der Waals surface area contributed by atoms with Crippen molar-refractivity contribution in [2.75, 3.05) is 20.3 Å². The normalized spacial score (nSPS) is 18.3. The molecule has 1 atom stereocenters. The van der Waals surface area contributed by atoms with Gasteiger partial charge in [-0.1, -0.05) is 12.1 Å². The number of aromatic nitrogens is 5. The summed E-state index contributed by atoms with van der Waals surface area (Å²) in [5.41, 5.74) is 1.88. The molecule has 0 aliphatic carbocycles. The molecule has 3 aromatic rings. The maximum absolute atomic E-state index is 5.43. The van der Waals surface area contributed by atoms with Crippen LogP contribution in [0.2, 0.25) is 0 Å². The molecule has 7 heteroatoms. The third-order valence-corrected chi connectivity index (χ3v) is 3.84. The van der Waals surface area contributed by atoms with E-state index in [1.54, 1.807) is 11.8 Å². The van der Waals surface area contributed by atoms with Gasteiger partial charge in [0.25, 0.3) is 0 Å². The number of hydrogen-bond donors (Lipinski definition) is 1. The molecule has 0 saturated carbocycles. The van der Waals surface area contributed by atoms with Gasteiger partial charge in [0, 0.05) is 19.6 Å². The van der Waals surface area contributed by atoms with Gasteiger partial charge in [0.2, 0.25) is 5.95 Å². The van der Waals surface area contributed by atoms with E-state index < -0.39 is 0 Å². The summed E-state index contributed by atoms with van der Waals surface area (Å²) in [7, 11) is 1.65. The van der Waals surface area contributed by atoms with Crippen LogP contribution in [-0.4, -0.2) is 45.1 Å². The lowest BCUT2D eigenvalue weighted by Gasteiger charge is -2.00. The van der Waals surface area contributed by atoms with Gasteiger partial charge in [-0.3, -0.25) is 0 Å². The molecule has 7 nitrogen and oxygen atoms in total. The maximum atomic E-state index is 5.43. The third kappa shape index (κ3) is 2.28. The zero-order valence-corrected chi connectivity index (χ0v) is 12.3. The quantitative estimate of drug-likeness (QED) is 0.794. The molecule has 1 aromatic carbocycles. The number of hydrogen-bond acceptors (Lipinski definition) is 5. The van der Waals surface area contributed by atoms with E-state index >= 15 is 0 Å². The molecule has 0 amide bonds. The van der Waals surface area contributed by atoms with Crippen LogP contribution >= 0.6 is 0 Å². The molecule has 0 spiro atoms. The van der Waals surface area contributed by atoms with Crippen molar-refractivity contribution in [3.05, 3.63) is 35.9 Å². The highest BCUT2D eigenvalue weighted by molar-refractivity contribution is 5.75. The number of methoxy groups -OCH3 is 1. The van der Waals surface area contributed by atoms with Gasteiger partial charge >= 0.3 is 0 Å². The second kappa shape index (κ2) is 5.51. The van der Waals surface area contributed by atoms with Crippen molar-refractivity contribution in [3.63, 3.8) is 0 Å². The van der Waals surface area contributed by atoms with Crippen molar-refractivity contribution in [1.82, 2.24) is 24.7 Å². The molecular weight excluding hydrogens is 282 g/mol. The highest BCUT2D eigenvalue weighted by Gasteiger charge is 2.24. The Kier molecular flexibility index (Phi) is 3.36. The van der Waals surface area contributed by atoms with E-state index in [1.807, 2.05) is 24.3 Å². The molecule has 1 aliphatic rings. The van der Waals surface area contributed by atoms with Crippen LogP contribution in [0.3, 0.4) is 0 Å². The fraction of sp³-hybridized carbons (Fsp3) is 0.400. The van der Waals surface area contributed by atoms with Gasteiger partial charge in [-0.15, -0.1) is 5.10 Å². The van der Waals surface area contributed by atoms with Crippen molar-refractivity contribution < 1.29 is 9.47 Å². The van der Waals surface area contributed by atoms with Crippen LogP contribution in [0.5, 0.6) is 0 Å². The third-order valence-electron chi connectivity index (χ3n) is 3.84. The minimum Gasteiger partial charge on any atom is -0.381 e. The van der Waals surface area contributed by atoms with E-state index in [1.165, 1.54) is 0 Å². The lowest BCUT2D eigenvalue weighted by Crippen LogP contribution is -2.06. The fourth-order valence-electron chi connectivity index (χ4n) is 2.70. The smallest absolute Gasteiger partial charge is 0.230 e. The Labute approximate surface area is 127 Å².